The molecule has 1 aromatic heterocycles. The van der Waals surface area contributed by atoms with Gasteiger partial charge in [-0.1, -0.05) is 27.5 Å². The molecule has 0 radical (unpaired) electrons. The summed E-state index contributed by atoms with van der Waals surface area (Å²) in [5.74, 6) is -0.00620. The highest BCUT2D eigenvalue weighted by Crippen LogP contribution is 2.44. The summed E-state index contributed by atoms with van der Waals surface area (Å²) in [6, 6.07) is 5.66. The fraction of sp³-hybridized carbons (Fsp3) is 0.312. The van der Waals surface area contributed by atoms with Crippen molar-refractivity contribution < 1.29 is 4.79 Å². The van der Waals surface area contributed by atoms with E-state index in [0.717, 1.165) is 35.0 Å². The van der Waals surface area contributed by atoms with Gasteiger partial charge in [0.1, 0.15) is 6.33 Å². The molecule has 1 aromatic carbocycles. The summed E-state index contributed by atoms with van der Waals surface area (Å²) in [5.41, 5.74) is 2.70. The van der Waals surface area contributed by atoms with E-state index >= 15 is 0 Å². The number of benzene rings is 1. The topological polar surface area (TPSA) is 46.1 Å². The minimum absolute atomic E-state index is 0.00620. The molecule has 1 saturated heterocycles. The Morgan fingerprint density at radius 1 is 1.36 bits per heavy atom. The Bertz CT molecular complexity index is 767. The molecule has 0 N–H and O–H groups in total. The zero-order chi connectivity index (χ0) is 15.3. The van der Waals surface area contributed by atoms with Crippen molar-refractivity contribution in [2.24, 2.45) is 0 Å². The highest BCUT2D eigenvalue weighted by molar-refractivity contribution is 9.10. The molecule has 2 unspecified atom stereocenters. The lowest BCUT2D eigenvalue weighted by Gasteiger charge is -2.35. The Kier molecular flexibility index (Phi) is 3.42. The molecule has 4 rings (SSSR count). The van der Waals surface area contributed by atoms with Gasteiger partial charge in [0.2, 0.25) is 0 Å². The number of carbonyl (C=O) groups excluding carboxylic acids is 1. The normalized spacial score (nSPS) is 22.5. The molecule has 2 aliphatic rings. The van der Waals surface area contributed by atoms with E-state index in [4.69, 9.17) is 11.6 Å². The zero-order valence-corrected chi connectivity index (χ0v) is 14.0. The van der Waals surface area contributed by atoms with Crippen molar-refractivity contribution in [3.05, 3.63) is 57.0 Å². The summed E-state index contributed by atoms with van der Waals surface area (Å²) in [7, 11) is 0. The predicted molar refractivity (Wildman–Crippen MR) is 86.8 cm³/mol. The van der Waals surface area contributed by atoms with E-state index in [-0.39, 0.29) is 18.0 Å². The van der Waals surface area contributed by atoms with Crippen LogP contribution in [-0.4, -0.2) is 26.8 Å². The minimum Gasteiger partial charge on any atom is -0.328 e. The second-order valence-corrected chi connectivity index (χ2v) is 7.04. The quantitative estimate of drug-likeness (QED) is 0.758. The highest BCUT2D eigenvalue weighted by Gasteiger charge is 2.43. The maximum Gasteiger partial charge on any atom is 0.256 e. The summed E-state index contributed by atoms with van der Waals surface area (Å²) in [5, 5.41) is 0.489. The van der Waals surface area contributed by atoms with Crippen LogP contribution in [0.1, 0.15) is 40.5 Å². The van der Waals surface area contributed by atoms with Crippen LogP contribution in [0.3, 0.4) is 0 Å². The number of hydrogen-bond donors (Lipinski definition) is 0. The average molecular weight is 379 g/mol. The number of carbonyl (C=O) groups is 1. The number of halogens is 2. The molecular weight excluding hydrogens is 366 g/mol. The second kappa shape index (κ2) is 5.32. The maximum absolute atomic E-state index is 13.0. The number of nitrogens with zero attached hydrogens (tertiary/aromatic N) is 3. The summed E-state index contributed by atoms with van der Waals surface area (Å²) in [6.45, 7) is 0. The molecule has 112 valence electrons. The molecule has 6 heteroatoms. The summed E-state index contributed by atoms with van der Waals surface area (Å²) < 4.78 is 0.855. The van der Waals surface area contributed by atoms with E-state index in [1.807, 2.05) is 17.2 Å². The third-order valence-electron chi connectivity index (χ3n) is 4.51. The lowest BCUT2D eigenvalue weighted by molar-refractivity contribution is 0.0644. The first-order chi connectivity index (χ1) is 10.6. The van der Waals surface area contributed by atoms with Crippen molar-refractivity contribution in [3.8, 4) is 0 Å². The van der Waals surface area contributed by atoms with Crippen molar-refractivity contribution in [3.63, 3.8) is 0 Å². The van der Waals surface area contributed by atoms with Crippen LogP contribution in [0.15, 0.2) is 35.2 Å². The maximum atomic E-state index is 13.0. The number of amides is 1. The van der Waals surface area contributed by atoms with Gasteiger partial charge in [-0.2, -0.15) is 0 Å². The second-order valence-electron chi connectivity index (χ2n) is 5.71. The van der Waals surface area contributed by atoms with Crippen LogP contribution < -0.4 is 0 Å². The summed E-state index contributed by atoms with van der Waals surface area (Å²) >= 11 is 9.64. The Morgan fingerprint density at radius 3 is 3.09 bits per heavy atom. The van der Waals surface area contributed by atoms with Gasteiger partial charge in [0.05, 0.1) is 22.3 Å². The first-order valence-corrected chi connectivity index (χ1v) is 8.38. The van der Waals surface area contributed by atoms with Crippen molar-refractivity contribution in [1.82, 2.24) is 14.9 Å². The van der Waals surface area contributed by atoms with Crippen LogP contribution in [0.5, 0.6) is 0 Å². The van der Waals surface area contributed by atoms with Crippen LogP contribution in [0.25, 0.3) is 0 Å². The fourth-order valence-corrected chi connectivity index (χ4v) is 4.09. The van der Waals surface area contributed by atoms with Crippen molar-refractivity contribution >= 4 is 33.4 Å². The van der Waals surface area contributed by atoms with Crippen LogP contribution in [0, 0.1) is 0 Å². The molecule has 1 amide bonds. The van der Waals surface area contributed by atoms with Gasteiger partial charge in [-0.3, -0.25) is 4.79 Å². The smallest absolute Gasteiger partial charge is 0.256 e. The molecule has 2 atom stereocenters. The standard InChI is InChI=1S/C16H13BrClN3O/c17-9-1-3-13(18)11(5-9)16(22)21-10-2-4-15(21)12-7-19-8-20-14(12)6-10/h1,3,5,7-8,10,15H,2,4,6H2. The Morgan fingerprint density at radius 2 is 2.23 bits per heavy atom. The molecule has 22 heavy (non-hydrogen) atoms. The first-order valence-electron chi connectivity index (χ1n) is 7.21. The van der Waals surface area contributed by atoms with Gasteiger partial charge in [-0.05, 0) is 31.0 Å². The molecule has 2 aromatic rings. The molecule has 0 saturated carbocycles. The number of fused-ring (bicyclic) bond motifs is 4. The monoisotopic (exact) mass is 377 g/mol. The van der Waals surface area contributed by atoms with E-state index in [2.05, 4.69) is 25.9 Å². The number of rotatable bonds is 1. The van der Waals surface area contributed by atoms with Gasteiger partial charge in [-0.25, -0.2) is 9.97 Å². The Hall–Kier alpha value is -1.46. The SMILES string of the molecule is O=C(c1cc(Br)ccc1Cl)N1C2CCC1c1cncnc1C2. The first kappa shape index (κ1) is 14.2. The summed E-state index contributed by atoms with van der Waals surface area (Å²) in [4.78, 5) is 23.5. The van der Waals surface area contributed by atoms with Gasteiger partial charge in [0.25, 0.3) is 5.91 Å². The molecule has 1 fully saturated rings. The molecule has 3 heterocycles. The van der Waals surface area contributed by atoms with Crippen LogP contribution in [0.2, 0.25) is 5.02 Å². The lowest BCUT2D eigenvalue weighted by atomic mass is 9.98. The van der Waals surface area contributed by atoms with Crippen molar-refractivity contribution in [1.29, 1.82) is 0 Å². The van der Waals surface area contributed by atoms with Gasteiger partial charge in [0.15, 0.2) is 0 Å². The third kappa shape index (κ3) is 2.15. The summed E-state index contributed by atoms with van der Waals surface area (Å²) in [6.07, 6.45) is 6.19. The molecule has 4 nitrogen and oxygen atoms in total. The van der Waals surface area contributed by atoms with E-state index in [1.54, 1.807) is 18.5 Å². The number of hydrogen-bond acceptors (Lipinski definition) is 3. The van der Waals surface area contributed by atoms with E-state index in [0.29, 0.717) is 10.6 Å². The van der Waals surface area contributed by atoms with Crippen molar-refractivity contribution in [2.45, 2.75) is 31.3 Å². The molecule has 2 bridgehead atoms. The third-order valence-corrected chi connectivity index (χ3v) is 5.33. The average Bonchev–Trinajstić information content (AvgIpc) is 2.84. The van der Waals surface area contributed by atoms with E-state index in [1.165, 1.54) is 0 Å². The van der Waals surface area contributed by atoms with Crippen LogP contribution >= 0.6 is 27.5 Å². The Balaban J connectivity index is 1.75. The van der Waals surface area contributed by atoms with Gasteiger partial charge in [-0.15, -0.1) is 0 Å². The molecule has 0 aliphatic carbocycles. The number of aromatic nitrogens is 2. The van der Waals surface area contributed by atoms with Gasteiger partial charge in [0, 0.05) is 28.7 Å². The van der Waals surface area contributed by atoms with Gasteiger partial charge >= 0.3 is 0 Å². The van der Waals surface area contributed by atoms with Crippen molar-refractivity contribution in [2.75, 3.05) is 0 Å². The zero-order valence-electron chi connectivity index (χ0n) is 11.7. The highest BCUT2D eigenvalue weighted by atomic mass is 79.9. The largest absolute Gasteiger partial charge is 0.328 e. The molecule has 0 spiro atoms. The van der Waals surface area contributed by atoms with Crippen LogP contribution in [0.4, 0.5) is 0 Å². The van der Waals surface area contributed by atoms with E-state index in [9.17, 15) is 4.79 Å². The minimum atomic E-state index is -0.00620. The molecular formula is C16H13BrClN3O. The molecule has 2 aliphatic heterocycles. The lowest BCUT2D eigenvalue weighted by Crippen LogP contribution is -2.42. The fourth-order valence-electron chi connectivity index (χ4n) is 3.53. The van der Waals surface area contributed by atoms with Gasteiger partial charge < -0.3 is 4.90 Å². The van der Waals surface area contributed by atoms with E-state index < -0.39 is 0 Å². The van der Waals surface area contributed by atoms with Crippen LogP contribution in [-0.2, 0) is 6.42 Å². The predicted octanol–water partition coefficient (Wildman–Crippen LogP) is 3.79. The Labute approximate surface area is 141 Å².